The van der Waals surface area contributed by atoms with Crippen molar-refractivity contribution in [3.63, 3.8) is 0 Å². The zero-order valence-corrected chi connectivity index (χ0v) is 4.81. The molecule has 0 aromatic carbocycles. The molecule has 0 aromatic heterocycles. The molecule has 1 fully saturated rings. The van der Waals surface area contributed by atoms with E-state index in [2.05, 4.69) is 9.89 Å². The molecule has 0 unspecified atom stereocenters. The first-order valence-electron chi connectivity index (χ1n) is 2.53. The van der Waals surface area contributed by atoms with Crippen LogP contribution in [-0.2, 0) is 0 Å². The Balaban J connectivity index is 2.37. The van der Waals surface area contributed by atoms with Crippen molar-refractivity contribution in [3.05, 3.63) is 0 Å². The van der Waals surface area contributed by atoms with Crippen LogP contribution in [0.15, 0.2) is 4.99 Å². The molecule has 0 aromatic rings. The van der Waals surface area contributed by atoms with Gasteiger partial charge in [0.15, 0.2) is 0 Å². The minimum absolute atomic E-state index is 1.17. The van der Waals surface area contributed by atoms with E-state index in [0.717, 1.165) is 0 Å². The quantitative estimate of drug-likeness (QED) is 0.242. The van der Waals surface area contributed by atoms with Gasteiger partial charge in [-0.3, -0.25) is 4.99 Å². The van der Waals surface area contributed by atoms with Crippen molar-refractivity contribution in [1.82, 2.24) is 4.90 Å². The number of hydrogen-bond donors (Lipinski definition) is 0. The van der Waals surface area contributed by atoms with Crippen LogP contribution in [0.1, 0.15) is 6.92 Å². The molecule has 2 heteroatoms. The van der Waals surface area contributed by atoms with Crippen LogP contribution in [0.2, 0.25) is 0 Å². The highest BCUT2D eigenvalue weighted by atomic mass is 15.3. The van der Waals surface area contributed by atoms with Crippen LogP contribution >= 0.6 is 0 Å². The number of rotatable bonds is 0. The third-order valence-corrected chi connectivity index (χ3v) is 1.23. The maximum atomic E-state index is 3.99. The van der Waals surface area contributed by atoms with Crippen molar-refractivity contribution >= 4 is 5.84 Å². The lowest BCUT2D eigenvalue weighted by molar-refractivity contribution is 0.833. The first-order valence-corrected chi connectivity index (χ1v) is 2.53. The highest BCUT2D eigenvalue weighted by Crippen LogP contribution is 2.02. The molecule has 0 radical (unpaired) electrons. The monoisotopic (exact) mass is 98.1 g/mol. The Morgan fingerprint density at radius 2 is 2.14 bits per heavy atom. The summed E-state index contributed by atoms with van der Waals surface area (Å²) in [5.41, 5.74) is 0. The average Bonchev–Trinajstić information content (AvgIpc) is 2.44. The molecule has 1 rings (SSSR count). The lowest BCUT2D eigenvalue weighted by Gasteiger charge is -1.94. The minimum Gasteiger partial charge on any atom is -0.357 e. The van der Waals surface area contributed by atoms with Gasteiger partial charge in [-0.05, 0) is 6.92 Å². The van der Waals surface area contributed by atoms with Crippen molar-refractivity contribution in [2.24, 2.45) is 4.99 Å². The van der Waals surface area contributed by atoms with E-state index in [-0.39, 0.29) is 0 Å². The third-order valence-electron chi connectivity index (χ3n) is 1.23. The molecular formula is C5H10N2. The first kappa shape index (κ1) is 4.62. The van der Waals surface area contributed by atoms with Crippen molar-refractivity contribution in [2.75, 3.05) is 20.1 Å². The third kappa shape index (κ3) is 0.918. The van der Waals surface area contributed by atoms with E-state index in [0.29, 0.717) is 0 Å². The van der Waals surface area contributed by atoms with E-state index in [1.165, 1.54) is 18.9 Å². The summed E-state index contributed by atoms with van der Waals surface area (Å²) >= 11 is 0. The largest absolute Gasteiger partial charge is 0.357 e. The molecule has 0 aliphatic carbocycles. The van der Waals surface area contributed by atoms with Gasteiger partial charge in [0.25, 0.3) is 0 Å². The zero-order valence-electron chi connectivity index (χ0n) is 4.81. The lowest BCUT2D eigenvalue weighted by Crippen LogP contribution is -2.03. The fourth-order valence-electron chi connectivity index (χ4n) is 0.515. The molecule has 7 heavy (non-hydrogen) atoms. The van der Waals surface area contributed by atoms with Crippen LogP contribution in [0.5, 0.6) is 0 Å². The SMILES string of the molecule is CN=C(C)N1CC1. The smallest absolute Gasteiger partial charge is 0.0955 e. The highest BCUT2D eigenvalue weighted by Gasteiger charge is 2.16. The molecule has 1 heterocycles. The standard InChI is InChI=1S/C5H10N2/c1-5(6-2)7-3-4-7/h3-4H2,1-2H3. The van der Waals surface area contributed by atoms with Gasteiger partial charge in [-0.1, -0.05) is 0 Å². The molecule has 0 saturated carbocycles. The fourth-order valence-corrected chi connectivity index (χ4v) is 0.515. The van der Waals surface area contributed by atoms with Crippen molar-refractivity contribution in [1.29, 1.82) is 0 Å². The van der Waals surface area contributed by atoms with Gasteiger partial charge < -0.3 is 4.90 Å². The summed E-state index contributed by atoms with van der Waals surface area (Å²) < 4.78 is 0. The Hall–Kier alpha value is -0.530. The van der Waals surface area contributed by atoms with E-state index in [1.54, 1.807) is 0 Å². The summed E-state index contributed by atoms with van der Waals surface area (Å²) in [5, 5.41) is 0. The Bertz CT molecular complexity index is 92.3. The summed E-state index contributed by atoms with van der Waals surface area (Å²) in [5.74, 6) is 1.17. The lowest BCUT2D eigenvalue weighted by atomic mass is 10.7. The maximum absolute atomic E-state index is 3.99. The predicted molar refractivity (Wildman–Crippen MR) is 30.6 cm³/mol. The van der Waals surface area contributed by atoms with E-state index < -0.39 is 0 Å². The highest BCUT2D eigenvalue weighted by molar-refractivity contribution is 5.81. The number of aliphatic imine (C=N–C) groups is 1. The molecule has 0 amide bonds. The summed E-state index contributed by atoms with van der Waals surface area (Å²) in [6, 6.07) is 0. The molecule has 1 saturated heterocycles. The Morgan fingerprint density at radius 1 is 1.57 bits per heavy atom. The Morgan fingerprint density at radius 3 is 2.29 bits per heavy atom. The molecule has 0 atom stereocenters. The summed E-state index contributed by atoms with van der Waals surface area (Å²) in [4.78, 5) is 6.22. The minimum atomic E-state index is 1.17. The van der Waals surface area contributed by atoms with Gasteiger partial charge in [0.05, 0.1) is 5.84 Å². The van der Waals surface area contributed by atoms with Crippen LogP contribution < -0.4 is 0 Å². The summed E-state index contributed by atoms with van der Waals surface area (Å²) in [6.07, 6.45) is 0. The average molecular weight is 98.1 g/mol. The molecule has 2 nitrogen and oxygen atoms in total. The van der Waals surface area contributed by atoms with E-state index in [1.807, 2.05) is 14.0 Å². The fraction of sp³-hybridized carbons (Fsp3) is 0.800. The second-order valence-electron chi connectivity index (χ2n) is 1.76. The number of nitrogens with zero attached hydrogens (tertiary/aromatic N) is 2. The molecular weight excluding hydrogens is 88.1 g/mol. The Kier molecular flexibility index (Phi) is 1.01. The van der Waals surface area contributed by atoms with E-state index >= 15 is 0 Å². The van der Waals surface area contributed by atoms with E-state index in [9.17, 15) is 0 Å². The van der Waals surface area contributed by atoms with Gasteiger partial charge in [-0.25, -0.2) is 0 Å². The van der Waals surface area contributed by atoms with Crippen LogP contribution in [0, 0.1) is 0 Å². The van der Waals surface area contributed by atoms with Gasteiger partial charge in [-0.2, -0.15) is 0 Å². The number of amidine groups is 1. The van der Waals surface area contributed by atoms with Gasteiger partial charge in [-0.15, -0.1) is 0 Å². The van der Waals surface area contributed by atoms with Crippen LogP contribution in [0.4, 0.5) is 0 Å². The van der Waals surface area contributed by atoms with Gasteiger partial charge in [0.1, 0.15) is 0 Å². The topological polar surface area (TPSA) is 15.4 Å². The normalized spacial score (nSPS) is 20.3. The van der Waals surface area contributed by atoms with E-state index in [4.69, 9.17) is 0 Å². The van der Waals surface area contributed by atoms with Crippen LogP contribution in [0.25, 0.3) is 0 Å². The van der Waals surface area contributed by atoms with Crippen molar-refractivity contribution < 1.29 is 0 Å². The second-order valence-corrected chi connectivity index (χ2v) is 1.76. The van der Waals surface area contributed by atoms with Crippen LogP contribution in [-0.4, -0.2) is 30.9 Å². The summed E-state index contributed by atoms with van der Waals surface area (Å²) in [6.45, 7) is 4.46. The maximum Gasteiger partial charge on any atom is 0.0955 e. The second kappa shape index (κ2) is 1.52. The van der Waals surface area contributed by atoms with Gasteiger partial charge in [0, 0.05) is 20.1 Å². The predicted octanol–water partition coefficient (Wildman–Crippen LogP) is 0.350. The molecule has 1 aliphatic rings. The van der Waals surface area contributed by atoms with Gasteiger partial charge in [0.2, 0.25) is 0 Å². The molecule has 40 valence electrons. The van der Waals surface area contributed by atoms with Crippen LogP contribution in [0.3, 0.4) is 0 Å². The molecule has 0 bridgehead atoms. The molecule has 1 aliphatic heterocycles. The Labute approximate surface area is 43.8 Å². The number of hydrogen-bond acceptors (Lipinski definition) is 1. The summed E-state index contributed by atoms with van der Waals surface area (Å²) in [7, 11) is 1.83. The first-order chi connectivity index (χ1) is 3.34. The van der Waals surface area contributed by atoms with Gasteiger partial charge >= 0.3 is 0 Å². The zero-order chi connectivity index (χ0) is 5.28. The van der Waals surface area contributed by atoms with Crippen molar-refractivity contribution in [3.8, 4) is 0 Å². The molecule has 0 spiro atoms. The van der Waals surface area contributed by atoms with Crippen molar-refractivity contribution in [2.45, 2.75) is 6.92 Å². The molecule has 0 N–H and O–H groups in total.